The van der Waals surface area contributed by atoms with Crippen molar-refractivity contribution < 1.29 is 0 Å². The van der Waals surface area contributed by atoms with Crippen molar-refractivity contribution in [2.24, 2.45) is 0 Å². The van der Waals surface area contributed by atoms with Crippen LogP contribution in [0.15, 0.2) is 53.3 Å². The van der Waals surface area contributed by atoms with Gasteiger partial charge >= 0.3 is 0 Å². The molecule has 0 unspecified atom stereocenters. The minimum atomic E-state index is -0.0171. The Morgan fingerprint density at radius 1 is 1.12 bits per heavy atom. The molecule has 0 radical (unpaired) electrons. The molecule has 0 aliphatic carbocycles. The summed E-state index contributed by atoms with van der Waals surface area (Å²) in [6.07, 6.45) is 1.91. The Bertz CT molecular complexity index is 1510. The molecule has 0 bridgehead atoms. The smallest absolute Gasteiger partial charge is 0.262 e. The van der Waals surface area contributed by atoms with E-state index in [0.717, 1.165) is 28.9 Å². The molecule has 5 rings (SSSR count). The zero-order chi connectivity index (χ0) is 22.2. The molecular formula is C23H24N6OS2. The Morgan fingerprint density at radius 3 is 2.72 bits per heavy atom. The van der Waals surface area contributed by atoms with Crippen LogP contribution in [0.2, 0.25) is 0 Å². The molecule has 0 amide bonds. The Morgan fingerprint density at radius 2 is 1.91 bits per heavy atom. The summed E-state index contributed by atoms with van der Waals surface area (Å²) in [5.41, 5.74) is 1.80. The highest BCUT2D eigenvalue weighted by molar-refractivity contribution is 7.71. The van der Waals surface area contributed by atoms with Gasteiger partial charge in [0.05, 0.1) is 34.3 Å². The zero-order valence-electron chi connectivity index (χ0n) is 18.1. The van der Waals surface area contributed by atoms with Crippen LogP contribution in [-0.2, 0) is 19.8 Å². The molecule has 0 fully saturated rings. The van der Waals surface area contributed by atoms with E-state index in [1.165, 1.54) is 4.70 Å². The third kappa shape index (κ3) is 3.66. The second-order valence-corrected chi connectivity index (χ2v) is 9.46. The number of thiazole rings is 1. The van der Waals surface area contributed by atoms with E-state index in [9.17, 15) is 4.79 Å². The number of aryl methyl sites for hydroxylation is 1. The van der Waals surface area contributed by atoms with Gasteiger partial charge in [0.2, 0.25) is 10.5 Å². The lowest BCUT2D eigenvalue weighted by molar-refractivity contribution is 0.244. The molecule has 3 heterocycles. The first kappa shape index (κ1) is 21.0. The molecule has 0 aliphatic heterocycles. The normalized spacial score (nSPS) is 12.0. The van der Waals surface area contributed by atoms with E-state index in [2.05, 4.69) is 17.9 Å². The zero-order valence-corrected chi connectivity index (χ0v) is 19.7. The van der Waals surface area contributed by atoms with Gasteiger partial charge < -0.3 is 0 Å². The van der Waals surface area contributed by atoms with Gasteiger partial charge in [-0.2, -0.15) is 0 Å². The highest BCUT2D eigenvalue weighted by Gasteiger charge is 2.16. The topological polar surface area (TPSA) is 60.4 Å². The van der Waals surface area contributed by atoms with Gasteiger partial charge in [0.15, 0.2) is 0 Å². The summed E-state index contributed by atoms with van der Waals surface area (Å²) in [4.78, 5) is 20.0. The van der Waals surface area contributed by atoms with Crippen LogP contribution in [0.5, 0.6) is 0 Å². The lowest BCUT2D eigenvalue weighted by atomic mass is 10.2. The van der Waals surface area contributed by atoms with Crippen molar-refractivity contribution in [1.82, 2.24) is 28.6 Å². The fourth-order valence-electron chi connectivity index (χ4n) is 3.97. The SMILES string of the molecule is CCCCn1c(=O)c2ccccc2n2c(=S)n(CN(C)Cc3nc4ccccc4s3)nc12. The lowest BCUT2D eigenvalue weighted by Gasteiger charge is -2.14. The maximum absolute atomic E-state index is 13.2. The van der Waals surface area contributed by atoms with E-state index in [4.69, 9.17) is 22.3 Å². The molecule has 5 aromatic rings. The van der Waals surface area contributed by atoms with E-state index in [1.807, 2.05) is 53.9 Å². The van der Waals surface area contributed by atoms with Crippen molar-refractivity contribution in [3.8, 4) is 0 Å². The number of hydrogen-bond donors (Lipinski definition) is 0. The van der Waals surface area contributed by atoms with E-state index < -0.39 is 0 Å². The van der Waals surface area contributed by atoms with Gasteiger partial charge in [0, 0.05) is 6.54 Å². The first-order valence-corrected chi connectivity index (χ1v) is 11.9. The van der Waals surface area contributed by atoms with E-state index >= 15 is 0 Å². The van der Waals surface area contributed by atoms with Gasteiger partial charge in [-0.3, -0.25) is 18.7 Å². The number of hydrogen-bond acceptors (Lipinski definition) is 6. The Labute approximate surface area is 194 Å². The van der Waals surface area contributed by atoms with Crippen LogP contribution in [0.4, 0.5) is 0 Å². The van der Waals surface area contributed by atoms with Crippen molar-refractivity contribution in [2.75, 3.05) is 7.05 Å². The lowest BCUT2D eigenvalue weighted by Crippen LogP contribution is -2.23. The van der Waals surface area contributed by atoms with Crippen LogP contribution in [0.25, 0.3) is 26.9 Å². The first-order chi connectivity index (χ1) is 15.6. The van der Waals surface area contributed by atoms with Crippen molar-refractivity contribution in [3.63, 3.8) is 0 Å². The fourth-order valence-corrected chi connectivity index (χ4v) is 5.30. The van der Waals surface area contributed by atoms with E-state index in [0.29, 0.717) is 35.7 Å². The molecule has 0 saturated heterocycles. The van der Waals surface area contributed by atoms with Crippen LogP contribution in [0.1, 0.15) is 24.8 Å². The number of rotatable bonds is 7. The van der Waals surface area contributed by atoms with Crippen LogP contribution in [0.3, 0.4) is 0 Å². The maximum atomic E-state index is 13.2. The number of nitrogens with zero attached hydrogens (tertiary/aromatic N) is 6. The third-order valence-corrected chi connectivity index (χ3v) is 6.95. The molecule has 0 atom stereocenters. The average Bonchev–Trinajstić information content (AvgIpc) is 3.34. The largest absolute Gasteiger partial charge is 0.281 e. The molecule has 0 aliphatic rings. The molecule has 0 spiro atoms. The summed E-state index contributed by atoms with van der Waals surface area (Å²) in [6.45, 7) is 3.94. The van der Waals surface area contributed by atoms with Crippen molar-refractivity contribution in [2.45, 2.75) is 39.5 Å². The number of unbranched alkanes of at least 4 members (excludes halogenated alkanes) is 1. The third-order valence-electron chi connectivity index (χ3n) is 5.54. The predicted molar refractivity (Wildman–Crippen MR) is 132 cm³/mol. The van der Waals surface area contributed by atoms with E-state index in [-0.39, 0.29) is 5.56 Å². The summed E-state index contributed by atoms with van der Waals surface area (Å²) in [6, 6.07) is 15.8. The second-order valence-electron chi connectivity index (χ2n) is 7.98. The molecule has 9 heteroatoms. The molecule has 0 N–H and O–H groups in total. The van der Waals surface area contributed by atoms with Gasteiger partial charge in [-0.1, -0.05) is 37.6 Å². The number of benzene rings is 2. The molecule has 2 aromatic carbocycles. The van der Waals surface area contributed by atoms with Gasteiger partial charge in [0.1, 0.15) is 5.01 Å². The highest BCUT2D eigenvalue weighted by atomic mass is 32.1. The van der Waals surface area contributed by atoms with Crippen LogP contribution < -0.4 is 5.56 Å². The van der Waals surface area contributed by atoms with E-state index in [1.54, 1.807) is 20.6 Å². The predicted octanol–water partition coefficient (Wildman–Crippen LogP) is 4.68. The van der Waals surface area contributed by atoms with Gasteiger partial charge in [-0.05, 0) is 50.0 Å². The van der Waals surface area contributed by atoms with Crippen LogP contribution >= 0.6 is 23.6 Å². The molecule has 164 valence electrons. The molecule has 7 nitrogen and oxygen atoms in total. The molecular weight excluding hydrogens is 440 g/mol. The Balaban J connectivity index is 1.54. The number of aromatic nitrogens is 5. The Kier molecular flexibility index (Phi) is 5.62. The monoisotopic (exact) mass is 464 g/mol. The van der Waals surface area contributed by atoms with Crippen molar-refractivity contribution in [1.29, 1.82) is 0 Å². The van der Waals surface area contributed by atoms with Crippen LogP contribution in [-0.4, -0.2) is 35.7 Å². The van der Waals surface area contributed by atoms with Crippen molar-refractivity contribution >= 4 is 50.5 Å². The van der Waals surface area contributed by atoms with Gasteiger partial charge in [0.25, 0.3) is 5.56 Å². The Hall–Kier alpha value is -2.88. The number of para-hydroxylation sites is 2. The minimum Gasteiger partial charge on any atom is -0.281 e. The summed E-state index contributed by atoms with van der Waals surface area (Å²) >= 11 is 7.52. The standard InChI is InChI=1S/C23H24N6OS2/c1-3-4-13-27-21(30)16-9-5-7-11-18(16)29-22(27)25-28(23(29)31)15-26(2)14-20-24-17-10-6-8-12-19(17)32-20/h5-12H,3-4,13-15H2,1-2H3. The molecule has 32 heavy (non-hydrogen) atoms. The van der Waals surface area contributed by atoms with Gasteiger partial charge in [-0.25, -0.2) is 9.67 Å². The summed E-state index contributed by atoms with van der Waals surface area (Å²) in [7, 11) is 2.03. The minimum absolute atomic E-state index is 0.0171. The van der Waals surface area contributed by atoms with Crippen LogP contribution in [0, 0.1) is 4.77 Å². The average molecular weight is 465 g/mol. The summed E-state index contributed by atoms with van der Waals surface area (Å²) < 4.78 is 7.25. The highest BCUT2D eigenvalue weighted by Crippen LogP contribution is 2.22. The summed E-state index contributed by atoms with van der Waals surface area (Å²) in [5.74, 6) is 0.598. The second kappa shape index (κ2) is 8.57. The maximum Gasteiger partial charge on any atom is 0.262 e. The molecule has 0 saturated carbocycles. The molecule has 3 aromatic heterocycles. The van der Waals surface area contributed by atoms with Crippen molar-refractivity contribution in [3.05, 3.63) is 68.7 Å². The number of fused-ring (bicyclic) bond motifs is 4. The first-order valence-electron chi connectivity index (χ1n) is 10.7. The summed E-state index contributed by atoms with van der Waals surface area (Å²) in [5, 5.41) is 6.49. The van der Waals surface area contributed by atoms with Gasteiger partial charge in [-0.15, -0.1) is 16.4 Å². The quantitative estimate of drug-likeness (QED) is 0.327. The fraction of sp³-hybridized carbons (Fsp3) is 0.304.